The minimum absolute atomic E-state index is 0. The maximum Gasteiger partial charge on any atom is 0 e. The van der Waals surface area contributed by atoms with Crippen LogP contribution in [0.5, 0.6) is 0 Å². The smallest absolute Gasteiger partial charge is 0 e. The van der Waals surface area contributed by atoms with Gasteiger partial charge < -0.3 is 11.0 Å². The molecule has 4 heavy (non-hydrogen) atoms. The van der Waals surface area contributed by atoms with Gasteiger partial charge in [0.1, 0.15) is 0 Å². The Kier molecular flexibility index (Phi) is 545. The summed E-state index contributed by atoms with van der Waals surface area (Å²) >= 11 is 0. The van der Waals surface area contributed by atoms with Gasteiger partial charge in [0.25, 0.3) is 0 Å². The molecular weight excluding hydrogens is 183 g/mol. The molecule has 0 spiro atoms. The molecule has 0 aliphatic heterocycles. The molecule has 0 aliphatic rings. The van der Waals surface area contributed by atoms with Crippen LogP contribution in [0.1, 0.15) is 0 Å². The molecule has 0 saturated carbocycles. The molecule has 2 nitrogen and oxygen atoms in total. The molecule has 4 heteroatoms. The molecule has 0 aliphatic carbocycles. The molecule has 29 valence electrons. The Hall–Kier alpha value is 1.13. The maximum absolute atomic E-state index is 0. The molecule has 0 bridgehead atoms. The van der Waals surface area contributed by atoms with Crippen LogP contribution in [-0.4, -0.2) is 11.0 Å². The van der Waals surface area contributed by atoms with Crippen molar-refractivity contribution >= 4 is 0 Å². The molecule has 0 rings (SSSR count). The molecule has 4 N–H and O–H groups in total. The van der Waals surface area contributed by atoms with Crippen LogP contribution in [-0.2, 0) is 38.1 Å². The summed E-state index contributed by atoms with van der Waals surface area (Å²) in [4.78, 5) is 0. The minimum atomic E-state index is 0. The van der Waals surface area contributed by atoms with Gasteiger partial charge in [0.05, 0.1) is 0 Å². The van der Waals surface area contributed by atoms with Crippen molar-refractivity contribution in [1.29, 1.82) is 0 Å². The second kappa shape index (κ2) is 31.7. The molecule has 0 aromatic rings. The molecule has 0 aromatic heterocycles. The van der Waals surface area contributed by atoms with Crippen molar-refractivity contribution in [2.24, 2.45) is 0 Å². The van der Waals surface area contributed by atoms with E-state index >= 15 is 0 Å². The first-order valence-electron chi connectivity index (χ1n) is 0. The van der Waals surface area contributed by atoms with E-state index < -0.39 is 0 Å². The van der Waals surface area contributed by atoms with E-state index in [9.17, 15) is 0 Å². The van der Waals surface area contributed by atoms with E-state index in [4.69, 9.17) is 0 Å². The van der Waals surface area contributed by atoms with E-state index in [-0.39, 0.29) is 49.1 Å². The number of hydrogen-bond acceptors (Lipinski definition) is 0. The predicted molar refractivity (Wildman–Crippen MR) is 7.23 cm³/mol. The zero-order valence-corrected chi connectivity index (χ0v) is 4.97. The summed E-state index contributed by atoms with van der Waals surface area (Å²) in [5, 5.41) is 0. The van der Waals surface area contributed by atoms with Crippen LogP contribution < -0.4 is 0 Å². The fourth-order valence-electron chi connectivity index (χ4n) is 0. The van der Waals surface area contributed by atoms with E-state index in [1.54, 1.807) is 0 Å². The van der Waals surface area contributed by atoms with Crippen molar-refractivity contribution in [3.63, 3.8) is 0 Å². The van der Waals surface area contributed by atoms with Gasteiger partial charge in [0, 0.05) is 38.1 Å². The SMILES string of the molecule is O.O.[Mn].[Mo]. The van der Waals surface area contributed by atoms with Crippen molar-refractivity contribution in [3.8, 4) is 0 Å². The van der Waals surface area contributed by atoms with Crippen LogP contribution in [0.25, 0.3) is 0 Å². The average Bonchev–Trinajstić information content (AvgIpc) is 0. The fraction of sp³-hybridized carbons (Fsp3) is 0. The summed E-state index contributed by atoms with van der Waals surface area (Å²) in [5.74, 6) is 0. The third-order valence-electron chi connectivity index (χ3n) is 0. The normalized spacial score (nSPS) is 0. The molecule has 1 radical (unpaired) electrons. The first-order chi connectivity index (χ1) is 0. The van der Waals surface area contributed by atoms with Crippen LogP contribution in [0.2, 0.25) is 0 Å². The van der Waals surface area contributed by atoms with Gasteiger partial charge in [-0.15, -0.1) is 0 Å². The van der Waals surface area contributed by atoms with E-state index in [0.29, 0.717) is 0 Å². The molecule has 0 heterocycles. The average molecular weight is 187 g/mol. The summed E-state index contributed by atoms with van der Waals surface area (Å²) in [7, 11) is 0. The van der Waals surface area contributed by atoms with Crippen LogP contribution in [0.3, 0.4) is 0 Å². The van der Waals surface area contributed by atoms with Gasteiger partial charge in [-0.25, -0.2) is 0 Å². The first kappa shape index (κ1) is 68.7. The maximum atomic E-state index is 0. The van der Waals surface area contributed by atoms with E-state index in [1.165, 1.54) is 0 Å². The Morgan fingerprint density at radius 1 is 0.750 bits per heavy atom. The summed E-state index contributed by atoms with van der Waals surface area (Å²) in [6.07, 6.45) is 0. The Balaban J connectivity index is 0. The van der Waals surface area contributed by atoms with Crippen LogP contribution in [0.4, 0.5) is 0 Å². The van der Waals surface area contributed by atoms with Gasteiger partial charge in [-0.1, -0.05) is 0 Å². The largest absolute Gasteiger partial charge is 0.412 e. The predicted octanol–water partition coefficient (Wildman–Crippen LogP) is -1.65. The van der Waals surface area contributed by atoms with Crippen molar-refractivity contribution in [2.75, 3.05) is 0 Å². The summed E-state index contributed by atoms with van der Waals surface area (Å²) in [5.41, 5.74) is 0. The molecule has 0 saturated heterocycles. The Labute approximate surface area is 49.3 Å². The molecular formula is H4MnMoO2. The molecule has 0 aromatic carbocycles. The minimum Gasteiger partial charge on any atom is -0.412 e. The van der Waals surface area contributed by atoms with Crippen molar-refractivity contribution < 1.29 is 49.1 Å². The summed E-state index contributed by atoms with van der Waals surface area (Å²) < 4.78 is 0. The first-order valence-corrected chi connectivity index (χ1v) is 0. The van der Waals surface area contributed by atoms with Crippen molar-refractivity contribution in [3.05, 3.63) is 0 Å². The van der Waals surface area contributed by atoms with Gasteiger partial charge >= 0.3 is 0 Å². The Morgan fingerprint density at radius 3 is 0.750 bits per heavy atom. The Morgan fingerprint density at radius 2 is 0.750 bits per heavy atom. The number of hydrogen-bond donors (Lipinski definition) is 0. The summed E-state index contributed by atoms with van der Waals surface area (Å²) in [6, 6.07) is 0. The van der Waals surface area contributed by atoms with Crippen LogP contribution in [0.15, 0.2) is 0 Å². The third-order valence-corrected chi connectivity index (χ3v) is 0. The van der Waals surface area contributed by atoms with Crippen LogP contribution >= 0.6 is 0 Å². The monoisotopic (exact) mass is 189 g/mol. The standard InChI is InChI=1S/Mn.Mo.2H2O/h;;2*1H2. The van der Waals surface area contributed by atoms with Gasteiger partial charge in [-0.2, -0.15) is 0 Å². The Bertz CT molecular complexity index is 6.00. The zero-order valence-electron chi connectivity index (χ0n) is 1.79. The van der Waals surface area contributed by atoms with Gasteiger partial charge in [0.15, 0.2) is 0 Å². The van der Waals surface area contributed by atoms with E-state index in [2.05, 4.69) is 0 Å². The van der Waals surface area contributed by atoms with Gasteiger partial charge in [-0.05, 0) is 0 Å². The second-order valence-electron chi connectivity index (χ2n) is 0. The third kappa shape index (κ3) is 11.1. The second-order valence-corrected chi connectivity index (χ2v) is 0. The van der Waals surface area contributed by atoms with Crippen molar-refractivity contribution in [2.45, 2.75) is 0 Å². The van der Waals surface area contributed by atoms with E-state index in [0.717, 1.165) is 0 Å². The molecule has 0 amide bonds. The van der Waals surface area contributed by atoms with Crippen LogP contribution in [0, 0.1) is 0 Å². The molecule has 0 atom stereocenters. The quantitative estimate of drug-likeness (QED) is 0.407. The van der Waals surface area contributed by atoms with E-state index in [1.807, 2.05) is 0 Å². The molecule has 0 unspecified atom stereocenters. The van der Waals surface area contributed by atoms with Gasteiger partial charge in [0.2, 0.25) is 0 Å². The topological polar surface area (TPSA) is 63.0 Å². The van der Waals surface area contributed by atoms with Crippen molar-refractivity contribution in [1.82, 2.24) is 0 Å². The summed E-state index contributed by atoms with van der Waals surface area (Å²) in [6.45, 7) is 0. The zero-order chi connectivity index (χ0) is 0. The number of rotatable bonds is 0. The fourth-order valence-corrected chi connectivity index (χ4v) is 0. The molecule has 0 fully saturated rings. The van der Waals surface area contributed by atoms with Gasteiger partial charge in [-0.3, -0.25) is 0 Å².